The van der Waals surface area contributed by atoms with Crippen LogP contribution in [0.3, 0.4) is 0 Å². The zero-order valence-corrected chi connectivity index (χ0v) is 10.1. The molecule has 0 bridgehead atoms. The standard InChI is InChI=1S/C12H12N2O2S/c1-9-5-4-8-14-12(9)10-6-2-3-7-11(10)17(13,15)16/h2-8H,1H3,(H2,13,15,16). The Morgan fingerprint density at radius 3 is 2.47 bits per heavy atom. The molecule has 0 spiro atoms. The van der Waals surface area contributed by atoms with E-state index in [1.807, 2.05) is 13.0 Å². The summed E-state index contributed by atoms with van der Waals surface area (Å²) in [6.45, 7) is 1.88. The third-order valence-corrected chi connectivity index (χ3v) is 3.43. The lowest BCUT2D eigenvalue weighted by molar-refractivity contribution is 0.598. The Hall–Kier alpha value is -1.72. The van der Waals surface area contributed by atoms with Crippen LogP contribution < -0.4 is 5.14 Å². The molecule has 0 atom stereocenters. The van der Waals surface area contributed by atoms with E-state index in [0.717, 1.165) is 5.56 Å². The van der Waals surface area contributed by atoms with E-state index in [2.05, 4.69) is 4.98 Å². The third kappa shape index (κ3) is 2.35. The summed E-state index contributed by atoms with van der Waals surface area (Å²) in [6.07, 6.45) is 1.63. The van der Waals surface area contributed by atoms with Crippen LogP contribution in [0.25, 0.3) is 11.3 Å². The zero-order chi connectivity index (χ0) is 12.5. The van der Waals surface area contributed by atoms with Gasteiger partial charge in [-0.1, -0.05) is 24.3 Å². The van der Waals surface area contributed by atoms with Crippen molar-refractivity contribution < 1.29 is 8.42 Å². The van der Waals surface area contributed by atoms with Crippen molar-refractivity contribution in [2.45, 2.75) is 11.8 Å². The van der Waals surface area contributed by atoms with Crippen molar-refractivity contribution in [1.29, 1.82) is 0 Å². The minimum Gasteiger partial charge on any atom is -0.256 e. The summed E-state index contributed by atoms with van der Waals surface area (Å²) in [5.41, 5.74) is 2.08. The summed E-state index contributed by atoms with van der Waals surface area (Å²) in [6, 6.07) is 10.3. The molecule has 0 aliphatic heterocycles. The van der Waals surface area contributed by atoms with Crippen LogP contribution in [0.5, 0.6) is 0 Å². The van der Waals surface area contributed by atoms with Crippen LogP contribution in [0, 0.1) is 6.92 Å². The van der Waals surface area contributed by atoms with Crippen LogP contribution in [0.2, 0.25) is 0 Å². The fourth-order valence-corrected chi connectivity index (χ4v) is 2.42. The van der Waals surface area contributed by atoms with Gasteiger partial charge in [0, 0.05) is 11.8 Å². The molecule has 0 aliphatic rings. The van der Waals surface area contributed by atoms with E-state index in [1.54, 1.807) is 30.5 Å². The molecule has 0 radical (unpaired) electrons. The molecule has 0 fully saturated rings. The molecule has 2 rings (SSSR count). The maximum atomic E-state index is 11.5. The van der Waals surface area contributed by atoms with Gasteiger partial charge in [-0.25, -0.2) is 13.6 Å². The monoisotopic (exact) mass is 248 g/mol. The molecule has 0 unspecified atom stereocenters. The quantitative estimate of drug-likeness (QED) is 0.879. The summed E-state index contributed by atoms with van der Waals surface area (Å²) < 4.78 is 23.0. The number of primary sulfonamides is 1. The van der Waals surface area contributed by atoms with Gasteiger partial charge in [0.05, 0.1) is 10.6 Å². The van der Waals surface area contributed by atoms with E-state index in [4.69, 9.17) is 5.14 Å². The van der Waals surface area contributed by atoms with Crippen molar-refractivity contribution in [3.8, 4) is 11.3 Å². The highest BCUT2D eigenvalue weighted by atomic mass is 32.2. The van der Waals surface area contributed by atoms with Crippen LogP contribution in [-0.2, 0) is 10.0 Å². The van der Waals surface area contributed by atoms with Gasteiger partial charge < -0.3 is 0 Å². The van der Waals surface area contributed by atoms with E-state index < -0.39 is 10.0 Å². The van der Waals surface area contributed by atoms with Gasteiger partial charge in [0.2, 0.25) is 10.0 Å². The van der Waals surface area contributed by atoms with Crippen molar-refractivity contribution in [1.82, 2.24) is 4.98 Å². The number of nitrogens with two attached hydrogens (primary N) is 1. The highest BCUT2D eigenvalue weighted by Gasteiger charge is 2.16. The second-order valence-electron chi connectivity index (χ2n) is 3.71. The number of sulfonamides is 1. The number of nitrogens with zero attached hydrogens (tertiary/aromatic N) is 1. The van der Waals surface area contributed by atoms with E-state index in [-0.39, 0.29) is 4.90 Å². The number of hydrogen-bond donors (Lipinski definition) is 1. The lowest BCUT2D eigenvalue weighted by Crippen LogP contribution is -2.13. The van der Waals surface area contributed by atoms with Gasteiger partial charge in [0.25, 0.3) is 0 Å². The topological polar surface area (TPSA) is 73.0 Å². The highest BCUT2D eigenvalue weighted by molar-refractivity contribution is 7.89. The second kappa shape index (κ2) is 4.27. The lowest BCUT2D eigenvalue weighted by Gasteiger charge is -2.08. The third-order valence-electron chi connectivity index (χ3n) is 2.46. The van der Waals surface area contributed by atoms with Crippen molar-refractivity contribution in [2.24, 2.45) is 5.14 Å². The average Bonchev–Trinajstić information content (AvgIpc) is 2.28. The van der Waals surface area contributed by atoms with Crippen LogP contribution in [0.1, 0.15) is 5.56 Å². The van der Waals surface area contributed by atoms with Crippen LogP contribution in [0.15, 0.2) is 47.5 Å². The number of pyridine rings is 1. The fourth-order valence-electron chi connectivity index (χ4n) is 1.68. The highest BCUT2D eigenvalue weighted by Crippen LogP contribution is 2.26. The van der Waals surface area contributed by atoms with E-state index in [1.165, 1.54) is 6.07 Å². The van der Waals surface area contributed by atoms with Gasteiger partial charge in [-0.15, -0.1) is 0 Å². The molecule has 4 nitrogen and oxygen atoms in total. The first-order chi connectivity index (χ1) is 8.00. The minimum atomic E-state index is -3.74. The molecule has 0 aliphatic carbocycles. The fraction of sp³-hybridized carbons (Fsp3) is 0.0833. The molecule has 2 aromatic rings. The van der Waals surface area contributed by atoms with Crippen molar-refractivity contribution in [2.75, 3.05) is 0 Å². The van der Waals surface area contributed by atoms with E-state index >= 15 is 0 Å². The molecule has 1 aromatic heterocycles. The number of aromatic nitrogens is 1. The van der Waals surface area contributed by atoms with Crippen LogP contribution in [-0.4, -0.2) is 13.4 Å². The molecule has 2 N–H and O–H groups in total. The molecular formula is C12H12N2O2S. The van der Waals surface area contributed by atoms with Crippen LogP contribution >= 0.6 is 0 Å². The molecule has 1 aromatic carbocycles. The second-order valence-corrected chi connectivity index (χ2v) is 5.24. The maximum Gasteiger partial charge on any atom is 0.238 e. The first-order valence-corrected chi connectivity index (χ1v) is 6.58. The summed E-state index contributed by atoms with van der Waals surface area (Å²) >= 11 is 0. The molecule has 0 saturated heterocycles. The normalized spacial score (nSPS) is 11.4. The summed E-state index contributed by atoms with van der Waals surface area (Å²) in [4.78, 5) is 4.30. The summed E-state index contributed by atoms with van der Waals surface area (Å²) in [5.74, 6) is 0. The lowest BCUT2D eigenvalue weighted by atomic mass is 10.1. The van der Waals surface area contributed by atoms with Gasteiger partial charge in [-0.2, -0.15) is 0 Å². The molecule has 0 amide bonds. The SMILES string of the molecule is Cc1cccnc1-c1ccccc1S(N)(=O)=O. The van der Waals surface area contributed by atoms with Crippen molar-refractivity contribution in [3.05, 3.63) is 48.2 Å². The van der Waals surface area contributed by atoms with E-state index in [0.29, 0.717) is 11.3 Å². The summed E-state index contributed by atoms with van der Waals surface area (Å²) in [7, 11) is -3.74. The van der Waals surface area contributed by atoms with Crippen molar-refractivity contribution >= 4 is 10.0 Å². The smallest absolute Gasteiger partial charge is 0.238 e. The first-order valence-electron chi connectivity index (χ1n) is 5.04. The largest absolute Gasteiger partial charge is 0.256 e. The van der Waals surface area contributed by atoms with Gasteiger partial charge in [0.1, 0.15) is 0 Å². The van der Waals surface area contributed by atoms with Gasteiger partial charge in [-0.05, 0) is 24.6 Å². The van der Waals surface area contributed by atoms with Crippen LogP contribution in [0.4, 0.5) is 0 Å². The summed E-state index contributed by atoms with van der Waals surface area (Å²) in [5, 5.41) is 5.19. The van der Waals surface area contributed by atoms with Gasteiger partial charge in [0.15, 0.2) is 0 Å². The maximum absolute atomic E-state index is 11.5. The Morgan fingerprint density at radius 1 is 1.12 bits per heavy atom. The first kappa shape index (κ1) is 11.8. The zero-order valence-electron chi connectivity index (χ0n) is 9.29. The number of hydrogen-bond acceptors (Lipinski definition) is 3. The predicted molar refractivity (Wildman–Crippen MR) is 65.8 cm³/mol. The Morgan fingerprint density at radius 2 is 1.82 bits per heavy atom. The van der Waals surface area contributed by atoms with Crippen molar-refractivity contribution in [3.63, 3.8) is 0 Å². The Kier molecular flexibility index (Phi) is 2.95. The molecule has 0 saturated carbocycles. The number of rotatable bonds is 2. The van der Waals surface area contributed by atoms with Gasteiger partial charge in [-0.3, -0.25) is 4.98 Å². The molecule has 5 heteroatoms. The van der Waals surface area contributed by atoms with E-state index in [9.17, 15) is 8.42 Å². The number of aryl methyl sites for hydroxylation is 1. The Labute approximate surface area is 100 Å². The molecule has 17 heavy (non-hydrogen) atoms. The number of benzene rings is 1. The molecular weight excluding hydrogens is 236 g/mol. The van der Waals surface area contributed by atoms with Gasteiger partial charge >= 0.3 is 0 Å². The Balaban J connectivity index is 2.74. The Bertz CT molecular complexity index is 651. The predicted octanol–water partition coefficient (Wildman–Crippen LogP) is 1.70. The molecule has 88 valence electrons. The molecule has 1 heterocycles. The minimum absolute atomic E-state index is 0.0989. The average molecular weight is 248 g/mol.